The molecule has 0 fully saturated rings. The number of nitrogens with one attached hydrogen (secondary N) is 2. The highest BCUT2D eigenvalue weighted by Gasteiger charge is 2.39. The molecule has 0 spiro atoms. The Bertz CT molecular complexity index is 620. The Kier molecular flexibility index (Phi) is 3.05. The van der Waals surface area contributed by atoms with Crippen molar-refractivity contribution in [1.29, 1.82) is 0 Å². The van der Waals surface area contributed by atoms with E-state index in [-0.39, 0.29) is 15.7 Å². The van der Waals surface area contributed by atoms with E-state index in [0.717, 1.165) is 6.07 Å². The minimum absolute atomic E-state index is 0.115. The SMILES string of the molecule is O=C(Nc1cc(F)c(Br)c2cc[nH]c12)C(F)(F)F. The van der Waals surface area contributed by atoms with Crippen LogP contribution in [0.4, 0.5) is 23.2 Å². The van der Waals surface area contributed by atoms with Gasteiger partial charge in [0, 0.05) is 17.6 Å². The summed E-state index contributed by atoms with van der Waals surface area (Å²) in [5.74, 6) is -2.92. The third-order valence-corrected chi connectivity index (χ3v) is 3.05. The molecule has 0 saturated heterocycles. The summed E-state index contributed by atoms with van der Waals surface area (Å²) in [6.07, 6.45) is -3.60. The first-order valence-corrected chi connectivity index (χ1v) is 5.43. The van der Waals surface area contributed by atoms with Crippen LogP contribution in [0, 0.1) is 5.82 Å². The lowest BCUT2D eigenvalue weighted by atomic mass is 10.2. The zero-order chi connectivity index (χ0) is 13.5. The summed E-state index contributed by atoms with van der Waals surface area (Å²) in [6.45, 7) is 0. The predicted octanol–water partition coefficient (Wildman–Crippen LogP) is 3.57. The zero-order valence-corrected chi connectivity index (χ0v) is 10.1. The van der Waals surface area contributed by atoms with Gasteiger partial charge < -0.3 is 10.3 Å². The molecule has 1 heterocycles. The number of benzene rings is 1. The minimum Gasteiger partial charge on any atom is -0.359 e. The average Bonchev–Trinajstić information content (AvgIpc) is 2.73. The van der Waals surface area contributed by atoms with Crippen molar-refractivity contribution in [2.75, 3.05) is 5.32 Å². The Balaban J connectivity index is 2.49. The highest BCUT2D eigenvalue weighted by molar-refractivity contribution is 9.10. The standard InChI is InChI=1S/C10H5BrF4N2O/c11-7-4-1-2-16-8(4)6(3-5(7)12)17-9(18)10(13,14)15/h1-3,16H,(H,17,18). The number of aromatic amines is 1. The molecule has 96 valence electrons. The van der Waals surface area contributed by atoms with Crippen molar-refractivity contribution >= 4 is 38.4 Å². The van der Waals surface area contributed by atoms with Crippen LogP contribution < -0.4 is 5.32 Å². The van der Waals surface area contributed by atoms with Crippen molar-refractivity contribution in [1.82, 2.24) is 4.98 Å². The molecular weight excluding hydrogens is 320 g/mol. The van der Waals surface area contributed by atoms with Crippen LogP contribution in [0.3, 0.4) is 0 Å². The van der Waals surface area contributed by atoms with Crippen molar-refractivity contribution in [2.45, 2.75) is 6.18 Å². The van der Waals surface area contributed by atoms with Crippen LogP contribution in [0.2, 0.25) is 0 Å². The number of amides is 1. The molecule has 0 aliphatic carbocycles. The number of anilines is 1. The smallest absolute Gasteiger partial charge is 0.359 e. The fourth-order valence-corrected chi connectivity index (χ4v) is 1.90. The van der Waals surface area contributed by atoms with Gasteiger partial charge in [-0.1, -0.05) is 0 Å². The summed E-state index contributed by atoms with van der Waals surface area (Å²) >= 11 is 2.97. The van der Waals surface area contributed by atoms with Gasteiger partial charge in [0.15, 0.2) is 0 Å². The van der Waals surface area contributed by atoms with E-state index in [1.807, 2.05) is 0 Å². The van der Waals surface area contributed by atoms with Crippen molar-refractivity contribution in [3.8, 4) is 0 Å². The van der Waals surface area contributed by atoms with E-state index < -0.39 is 17.9 Å². The summed E-state index contributed by atoms with van der Waals surface area (Å²) < 4.78 is 49.9. The molecule has 1 aromatic carbocycles. The maximum absolute atomic E-state index is 13.4. The third-order valence-electron chi connectivity index (χ3n) is 2.24. The summed E-state index contributed by atoms with van der Waals surface area (Å²) in [7, 11) is 0. The van der Waals surface area contributed by atoms with Crippen LogP contribution in [0.15, 0.2) is 22.8 Å². The number of rotatable bonds is 1. The van der Waals surface area contributed by atoms with Gasteiger partial charge in [-0.25, -0.2) is 4.39 Å². The van der Waals surface area contributed by atoms with Gasteiger partial charge in [0.05, 0.1) is 15.7 Å². The van der Waals surface area contributed by atoms with E-state index in [2.05, 4.69) is 20.9 Å². The lowest BCUT2D eigenvalue weighted by Crippen LogP contribution is -2.30. The van der Waals surface area contributed by atoms with Gasteiger partial charge in [0.1, 0.15) is 5.82 Å². The molecule has 18 heavy (non-hydrogen) atoms. The van der Waals surface area contributed by atoms with Crippen LogP contribution in [0.25, 0.3) is 10.9 Å². The van der Waals surface area contributed by atoms with Gasteiger partial charge in [0.25, 0.3) is 0 Å². The number of aromatic nitrogens is 1. The first-order valence-electron chi connectivity index (χ1n) is 4.64. The first kappa shape index (κ1) is 12.9. The zero-order valence-electron chi connectivity index (χ0n) is 8.53. The molecule has 0 aliphatic rings. The molecule has 0 atom stereocenters. The number of carbonyl (C=O) groups is 1. The van der Waals surface area contributed by atoms with E-state index in [0.29, 0.717) is 5.39 Å². The molecule has 2 aromatic rings. The number of H-pyrrole nitrogens is 1. The van der Waals surface area contributed by atoms with Crippen LogP contribution in [0.1, 0.15) is 0 Å². The lowest BCUT2D eigenvalue weighted by molar-refractivity contribution is -0.167. The first-order chi connectivity index (χ1) is 8.30. The second-order valence-corrected chi connectivity index (χ2v) is 4.23. The molecule has 8 heteroatoms. The van der Waals surface area contributed by atoms with Gasteiger partial charge in [-0.15, -0.1) is 0 Å². The fourth-order valence-electron chi connectivity index (χ4n) is 1.46. The second kappa shape index (κ2) is 4.27. The Morgan fingerprint density at radius 1 is 1.39 bits per heavy atom. The number of alkyl halides is 3. The molecule has 2 N–H and O–H groups in total. The van der Waals surface area contributed by atoms with E-state index in [1.54, 1.807) is 5.32 Å². The number of fused-ring (bicyclic) bond motifs is 1. The van der Waals surface area contributed by atoms with Crippen LogP contribution in [-0.4, -0.2) is 17.1 Å². The van der Waals surface area contributed by atoms with Crippen molar-refractivity contribution in [2.24, 2.45) is 0 Å². The van der Waals surface area contributed by atoms with Gasteiger partial charge >= 0.3 is 12.1 Å². The number of hydrogen-bond donors (Lipinski definition) is 2. The highest BCUT2D eigenvalue weighted by Crippen LogP contribution is 2.32. The second-order valence-electron chi connectivity index (χ2n) is 3.44. The molecule has 0 unspecified atom stereocenters. The van der Waals surface area contributed by atoms with Gasteiger partial charge in [-0.05, 0) is 22.0 Å². The Morgan fingerprint density at radius 3 is 2.67 bits per heavy atom. The summed E-state index contributed by atoms with van der Waals surface area (Å²) in [6, 6.07) is 2.29. The van der Waals surface area contributed by atoms with Gasteiger partial charge in [-0.2, -0.15) is 13.2 Å². The van der Waals surface area contributed by atoms with Crippen molar-refractivity contribution < 1.29 is 22.4 Å². The summed E-state index contributed by atoms with van der Waals surface area (Å²) in [5, 5.41) is 1.96. The largest absolute Gasteiger partial charge is 0.471 e. The minimum atomic E-state index is -5.03. The van der Waals surface area contributed by atoms with E-state index >= 15 is 0 Å². The molecule has 0 aliphatic heterocycles. The molecule has 3 nitrogen and oxygen atoms in total. The Hall–Kier alpha value is -1.57. The van der Waals surface area contributed by atoms with E-state index in [4.69, 9.17) is 0 Å². The fraction of sp³-hybridized carbons (Fsp3) is 0.100. The lowest BCUT2D eigenvalue weighted by Gasteiger charge is -2.10. The maximum atomic E-state index is 13.4. The third kappa shape index (κ3) is 2.20. The number of carbonyl (C=O) groups excluding carboxylic acids is 1. The molecule has 0 bridgehead atoms. The monoisotopic (exact) mass is 324 g/mol. The van der Waals surface area contributed by atoms with Crippen LogP contribution in [-0.2, 0) is 4.79 Å². The van der Waals surface area contributed by atoms with Crippen molar-refractivity contribution in [3.63, 3.8) is 0 Å². The average molecular weight is 325 g/mol. The highest BCUT2D eigenvalue weighted by atomic mass is 79.9. The van der Waals surface area contributed by atoms with E-state index in [9.17, 15) is 22.4 Å². The van der Waals surface area contributed by atoms with Crippen molar-refractivity contribution in [3.05, 3.63) is 28.6 Å². The van der Waals surface area contributed by atoms with Crippen LogP contribution >= 0.6 is 15.9 Å². The molecule has 0 radical (unpaired) electrons. The molecule has 0 saturated carbocycles. The Morgan fingerprint density at radius 2 is 2.06 bits per heavy atom. The predicted molar refractivity (Wildman–Crippen MR) is 60.6 cm³/mol. The van der Waals surface area contributed by atoms with E-state index in [1.165, 1.54) is 12.3 Å². The Labute approximate surface area is 106 Å². The normalized spacial score (nSPS) is 11.8. The molecular formula is C10H5BrF4N2O. The quantitative estimate of drug-likeness (QED) is 0.774. The molecule has 1 amide bonds. The summed E-state index contributed by atoms with van der Waals surface area (Å²) in [5.41, 5.74) is -0.0566. The number of halogens is 5. The molecule has 2 rings (SSSR count). The van der Waals surface area contributed by atoms with Gasteiger partial charge in [0.2, 0.25) is 0 Å². The van der Waals surface area contributed by atoms with Crippen LogP contribution in [0.5, 0.6) is 0 Å². The van der Waals surface area contributed by atoms with Gasteiger partial charge in [-0.3, -0.25) is 4.79 Å². The number of hydrogen-bond acceptors (Lipinski definition) is 1. The maximum Gasteiger partial charge on any atom is 0.471 e. The summed E-state index contributed by atoms with van der Waals surface area (Å²) in [4.78, 5) is 13.4. The molecule has 1 aromatic heterocycles. The topological polar surface area (TPSA) is 44.9 Å².